The summed E-state index contributed by atoms with van der Waals surface area (Å²) in [4.78, 5) is -3.62. The quantitative estimate of drug-likeness (QED) is 0.0339. The van der Waals surface area contributed by atoms with E-state index in [4.69, 9.17) is 34.7 Å². The second-order valence-corrected chi connectivity index (χ2v) is 20.1. The highest BCUT2D eigenvalue weighted by atomic mass is 35.5. The molecule has 0 aliphatic rings. The Labute approximate surface area is 382 Å². The first-order chi connectivity index (χ1) is 30.7. The fourth-order valence-corrected chi connectivity index (χ4v) is 9.22. The number of phenols is 2. The minimum Gasteiger partial charge on any atom is -0.505 e. The maximum Gasteiger partial charge on any atom is 0.296 e. The van der Waals surface area contributed by atoms with Crippen LogP contribution < -0.4 is 11.5 Å². The Balaban J connectivity index is 1.20. The third-order valence-electron chi connectivity index (χ3n) is 9.36. The SMILES string of the molecule is Nc1cc(S(=O)(=O)O)cc2cc(S(=O)(=O)O)c(N=Nc3ccc(-c4ccc(N=Nc5c(S(=O)(=O)O)cc6cc(S(=O)(=O)O)c(N=Nc7cc(Cl)ccc7Cl)c(N)c6c5O)cc4)cc3)c(O)c12. The maximum atomic E-state index is 12.5. The summed E-state index contributed by atoms with van der Waals surface area (Å²) in [5.74, 6) is -1.85. The van der Waals surface area contributed by atoms with Gasteiger partial charge in [0.25, 0.3) is 40.5 Å². The van der Waals surface area contributed by atoms with Gasteiger partial charge >= 0.3 is 0 Å². The van der Waals surface area contributed by atoms with Crippen LogP contribution in [0, 0.1) is 0 Å². The molecule has 0 saturated carbocycles. The van der Waals surface area contributed by atoms with E-state index in [0.717, 1.165) is 30.3 Å². The Morgan fingerprint density at radius 2 is 0.879 bits per heavy atom. The molecule has 0 heterocycles. The van der Waals surface area contributed by atoms with Gasteiger partial charge in [0.2, 0.25) is 0 Å². The molecule has 22 nitrogen and oxygen atoms in total. The highest BCUT2D eigenvalue weighted by Crippen LogP contribution is 2.49. The summed E-state index contributed by atoms with van der Waals surface area (Å²) in [5, 5.41) is 44.6. The summed E-state index contributed by atoms with van der Waals surface area (Å²) in [7, 11) is -20.2. The zero-order valence-electron chi connectivity index (χ0n) is 32.4. The van der Waals surface area contributed by atoms with E-state index >= 15 is 0 Å². The van der Waals surface area contributed by atoms with Crippen LogP contribution in [-0.2, 0) is 40.5 Å². The molecule has 7 rings (SSSR count). The van der Waals surface area contributed by atoms with Crippen LogP contribution >= 0.6 is 23.2 Å². The number of azo groups is 3. The lowest BCUT2D eigenvalue weighted by Crippen LogP contribution is -2.03. The van der Waals surface area contributed by atoms with Crippen LogP contribution in [0.25, 0.3) is 32.7 Å². The standard InChI is InChI=1S/C38H26Cl2N8O14S4/c39-21-5-10-25(40)27(15-21)45-46-34-28(64(54,55)56)13-20-14-30(66(60,61)62)36(38(50)32(20)33(34)42)48-44-23-8-3-18(4-9-23)17-1-6-22(7-2-17)43-47-35-29(65(57,58)59)12-19-11-24(63(51,52)53)16-26(41)31(19)37(35)49/h1-16,49-50H,41-42H2,(H,51,52,53)(H,54,55,56)(H,57,58,59)(H,60,61,62). The average Bonchev–Trinajstić information content (AvgIpc) is 3.22. The highest BCUT2D eigenvalue weighted by Gasteiger charge is 2.29. The average molecular weight is 1020 g/mol. The third kappa shape index (κ3) is 9.63. The highest BCUT2D eigenvalue weighted by molar-refractivity contribution is 7.86. The Morgan fingerprint density at radius 1 is 0.455 bits per heavy atom. The third-order valence-corrected chi connectivity index (χ3v) is 13.4. The lowest BCUT2D eigenvalue weighted by atomic mass is 10.0. The van der Waals surface area contributed by atoms with Crippen molar-refractivity contribution in [2.24, 2.45) is 30.7 Å². The molecule has 340 valence electrons. The summed E-state index contributed by atoms with van der Waals surface area (Å²) < 4.78 is 137. The molecule has 0 aromatic heterocycles. The smallest absolute Gasteiger partial charge is 0.296 e. The van der Waals surface area contributed by atoms with Gasteiger partial charge in [-0.05, 0) is 94.7 Å². The molecule has 0 bridgehead atoms. The molecule has 7 aromatic rings. The van der Waals surface area contributed by atoms with Crippen LogP contribution in [-0.4, -0.2) is 62.1 Å². The van der Waals surface area contributed by atoms with Crippen molar-refractivity contribution in [1.82, 2.24) is 0 Å². The van der Waals surface area contributed by atoms with E-state index in [1.807, 2.05) is 0 Å². The normalized spacial score (nSPS) is 12.9. The summed E-state index contributed by atoms with van der Waals surface area (Å²) in [6.07, 6.45) is 0. The number of rotatable bonds is 11. The molecule has 7 aromatic carbocycles. The van der Waals surface area contributed by atoms with Crippen molar-refractivity contribution in [3.05, 3.63) is 107 Å². The van der Waals surface area contributed by atoms with E-state index < -0.39 is 99.7 Å². The summed E-state index contributed by atoms with van der Waals surface area (Å²) in [5.41, 5.74) is 10.3. The molecule has 0 saturated heterocycles. The van der Waals surface area contributed by atoms with Gasteiger partial charge in [-0.3, -0.25) is 18.2 Å². The van der Waals surface area contributed by atoms with Crippen LogP contribution in [0.15, 0.2) is 147 Å². The van der Waals surface area contributed by atoms with E-state index in [9.17, 15) is 62.1 Å². The number of nitrogens with two attached hydrogens (primary N) is 2. The predicted molar refractivity (Wildman–Crippen MR) is 240 cm³/mol. The van der Waals surface area contributed by atoms with E-state index in [2.05, 4.69) is 30.7 Å². The Morgan fingerprint density at radius 3 is 1.33 bits per heavy atom. The zero-order chi connectivity index (χ0) is 48.3. The van der Waals surface area contributed by atoms with Crippen molar-refractivity contribution in [2.45, 2.75) is 19.6 Å². The number of benzene rings is 7. The Hall–Kier alpha value is -6.72. The number of phenolic OH excluding ortho intramolecular Hbond substituents is 2. The van der Waals surface area contributed by atoms with Gasteiger partial charge in [-0.25, -0.2) is 0 Å². The van der Waals surface area contributed by atoms with Crippen LogP contribution in [0.2, 0.25) is 10.0 Å². The molecule has 28 heteroatoms. The second-order valence-electron chi connectivity index (χ2n) is 13.7. The van der Waals surface area contributed by atoms with Crippen LogP contribution in [0.1, 0.15) is 0 Å². The van der Waals surface area contributed by atoms with Gasteiger partial charge < -0.3 is 21.7 Å². The van der Waals surface area contributed by atoms with Gasteiger partial charge in [-0.15, -0.1) is 20.5 Å². The summed E-state index contributed by atoms with van der Waals surface area (Å²) >= 11 is 12.1. The first-order valence-electron chi connectivity index (χ1n) is 17.7. The van der Waals surface area contributed by atoms with Crippen molar-refractivity contribution >= 4 is 131 Å². The lowest BCUT2D eigenvalue weighted by molar-refractivity contribution is 0.471. The van der Waals surface area contributed by atoms with Crippen molar-refractivity contribution in [3.63, 3.8) is 0 Å². The molecular weight excluding hydrogens is 992 g/mol. The van der Waals surface area contributed by atoms with Gasteiger partial charge in [0.15, 0.2) is 11.5 Å². The van der Waals surface area contributed by atoms with Crippen LogP contribution in [0.5, 0.6) is 11.5 Å². The summed E-state index contributed by atoms with van der Waals surface area (Å²) in [6.45, 7) is 0. The van der Waals surface area contributed by atoms with E-state index in [0.29, 0.717) is 11.1 Å². The fourth-order valence-electron chi connectivity index (χ4n) is 6.36. The lowest BCUT2D eigenvalue weighted by Gasteiger charge is -2.14. The zero-order valence-corrected chi connectivity index (χ0v) is 37.2. The van der Waals surface area contributed by atoms with Gasteiger partial charge in [0.05, 0.1) is 32.4 Å². The monoisotopic (exact) mass is 1020 g/mol. The van der Waals surface area contributed by atoms with Gasteiger partial charge in [0.1, 0.15) is 37.4 Å². The summed E-state index contributed by atoms with van der Waals surface area (Å²) in [6, 6.07) is 20.1. The number of nitrogens with zero attached hydrogens (tertiary/aromatic N) is 6. The van der Waals surface area contributed by atoms with Crippen molar-refractivity contribution in [1.29, 1.82) is 0 Å². The van der Waals surface area contributed by atoms with Crippen molar-refractivity contribution in [2.75, 3.05) is 11.5 Å². The van der Waals surface area contributed by atoms with Gasteiger partial charge in [-0.1, -0.05) is 47.5 Å². The first-order valence-corrected chi connectivity index (χ1v) is 24.3. The first kappa shape index (κ1) is 47.2. The largest absolute Gasteiger partial charge is 0.505 e. The Bertz CT molecular complexity index is 3770. The molecule has 0 fully saturated rings. The molecule has 0 radical (unpaired) electrons. The molecule has 0 aliphatic carbocycles. The topological polar surface area (TPSA) is 384 Å². The van der Waals surface area contributed by atoms with Crippen LogP contribution in [0.3, 0.4) is 0 Å². The fraction of sp³-hybridized carbons (Fsp3) is 0. The van der Waals surface area contributed by atoms with Crippen LogP contribution in [0.4, 0.5) is 45.5 Å². The molecule has 0 spiro atoms. The predicted octanol–water partition coefficient (Wildman–Crippen LogP) is 9.78. The van der Waals surface area contributed by atoms with E-state index in [-0.39, 0.29) is 49.0 Å². The number of aromatic hydroxyl groups is 2. The van der Waals surface area contributed by atoms with Gasteiger partial charge in [0, 0.05) is 16.1 Å². The molecule has 0 atom stereocenters. The maximum absolute atomic E-state index is 12.5. The van der Waals surface area contributed by atoms with E-state index in [1.54, 1.807) is 24.3 Å². The molecular formula is C38H26Cl2N8O14S4. The number of halogens is 2. The Kier molecular flexibility index (Phi) is 12.4. The number of hydrogen-bond donors (Lipinski definition) is 8. The number of nitrogen functional groups attached to an aromatic ring is 2. The molecule has 66 heavy (non-hydrogen) atoms. The van der Waals surface area contributed by atoms with Gasteiger partial charge in [-0.2, -0.15) is 43.9 Å². The molecule has 0 aliphatic heterocycles. The minimum atomic E-state index is -5.20. The second kappa shape index (κ2) is 17.3. The van der Waals surface area contributed by atoms with E-state index in [1.165, 1.54) is 42.5 Å². The van der Waals surface area contributed by atoms with Crippen molar-refractivity contribution < 1.29 is 62.1 Å². The number of fused-ring (bicyclic) bond motifs is 2. The molecule has 10 N–H and O–H groups in total. The minimum absolute atomic E-state index is 0.0358. The number of anilines is 2. The molecule has 0 amide bonds. The number of hydrogen-bond acceptors (Lipinski definition) is 18. The molecule has 0 unspecified atom stereocenters. The van der Waals surface area contributed by atoms with Crippen molar-refractivity contribution in [3.8, 4) is 22.6 Å².